The van der Waals surface area contributed by atoms with Crippen molar-refractivity contribution in [1.29, 1.82) is 0 Å². The van der Waals surface area contributed by atoms with E-state index in [0.29, 0.717) is 0 Å². The number of carbonyl (C=O) groups is 2. The Hall–Kier alpha value is -1.42. The fourth-order valence-electron chi connectivity index (χ4n) is 2.21. The van der Waals surface area contributed by atoms with Gasteiger partial charge < -0.3 is 30.5 Å². The van der Waals surface area contributed by atoms with Gasteiger partial charge in [-0.1, -0.05) is 0 Å². The Labute approximate surface area is 102 Å². The minimum atomic E-state index is -1.17. The van der Waals surface area contributed by atoms with Crippen molar-refractivity contribution in [3.63, 3.8) is 0 Å². The van der Waals surface area contributed by atoms with E-state index in [4.69, 9.17) is 25.4 Å². The van der Waals surface area contributed by atoms with Crippen LogP contribution in [0.5, 0.6) is 0 Å². The zero-order valence-electron chi connectivity index (χ0n) is 9.30. The van der Waals surface area contributed by atoms with Crippen LogP contribution in [0.15, 0.2) is 0 Å². The lowest BCUT2D eigenvalue weighted by atomic mass is 10.1. The summed E-state index contributed by atoms with van der Waals surface area (Å²) in [6, 6.07) is -0.903. The summed E-state index contributed by atoms with van der Waals surface area (Å²) in [6.07, 6.45) is -5.44. The lowest BCUT2D eigenvalue weighted by Gasteiger charge is -2.25. The van der Waals surface area contributed by atoms with Gasteiger partial charge >= 0.3 is 12.0 Å². The van der Waals surface area contributed by atoms with E-state index in [9.17, 15) is 14.7 Å². The van der Waals surface area contributed by atoms with Crippen LogP contribution in [0.1, 0.15) is 6.42 Å². The fraction of sp³-hybridized carbons (Fsp3) is 0.778. The molecule has 2 heterocycles. The molecule has 2 aliphatic heterocycles. The monoisotopic (exact) mass is 262 g/mol. The highest BCUT2D eigenvalue weighted by Crippen LogP contribution is 2.35. The summed E-state index contributed by atoms with van der Waals surface area (Å²) in [5.74, 6) is -1.17. The minimum absolute atomic E-state index is 0.437. The van der Waals surface area contributed by atoms with E-state index in [1.165, 1.54) is 0 Å². The maximum atomic E-state index is 11.3. The Balaban J connectivity index is 2.17. The fourth-order valence-corrected chi connectivity index (χ4v) is 2.21. The Morgan fingerprint density at radius 2 is 2.00 bits per heavy atom. The van der Waals surface area contributed by atoms with Gasteiger partial charge in [-0.3, -0.25) is 9.69 Å². The van der Waals surface area contributed by atoms with Gasteiger partial charge in [0.05, 0.1) is 13.0 Å². The first kappa shape index (κ1) is 13.0. The average molecular weight is 262 g/mol. The summed E-state index contributed by atoms with van der Waals surface area (Å²) >= 11 is 0. The third-order valence-corrected chi connectivity index (χ3v) is 3.00. The highest BCUT2D eigenvalue weighted by Gasteiger charge is 2.56. The van der Waals surface area contributed by atoms with Crippen LogP contribution in [0, 0.1) is 0 Å². The number of ether oxygens (including phenoxy) is 2. The molecule has 18 heavy (non-hydrogen) atoms. The number of aliphatic hydroxyl groups is 2. The molecule has 2 saturated heterocycles. The van der Waals surface area contributed by atoms with E-state index in [0.717, 1.165) is 4.90 Å². The van der Waals surface area contributed by atoms with E-state index in [1.54, 1.807) is 0 Å². The first-order chi connectivity index (χ1) is 8.45. The van der Waals surface area contributed by atoms with E-state index < -0.39 is 55.8 Å². The number of amides is 2. The second-order valence-electron chi connectivity index (χ2n) is 4.14. The molecule has 0 unspecified atom stereocenters. The predicted octanol–water partition coefficient (Wildman–Crippen LogP) is -2.36. The number of primary amides is 1. The molecule has 102 valence electrons. The number of aliphatic carboxylic acids is 1. The largest absolute Gasteiger partial charge is 0.481 e. The van der Waals surface area contributed by atoms with Gasteiger partial charge in [0.15, 0.2) is 6.23 Å². The second kappa shape index (κ2) is 4.69. The number of carbonyl (C=O) groups excluding carboxylic acids is 1. The molecule has 0 aliphatic carbocycles. The molecule has 0 aromatic carbocycles. The van der Waals surface area contributed by atoms with Crippen LogP contribution in [0.3, 0.4) is 0 Å². The Kier molecular flexibility index (Phi) is 3.39. The third kappa shape index (κ3) is 2.01. The molecule has 2 aliphatic rings. The van der Waals surface area contributed by atoms with Crippen LogP contribution in [0.25, 0.3) is 0 Å². The normalized spacial score (nSPS) is 38.8. The van der Waals surface area contributed by atoms with Crippen molar-refractivity contribution >= 4 is 12.0 Å². The molecular weight excluding hydrogens is 248 g/mol. The number of hydrogen-bond acceptors (Lipinski definition) is 6. The van der Waals surface area contributed by atoms with Crippen molar-refractivity contribution in [1.82, 2.24) is 4.90 Å². The Bertz CT molecular complexity index is 363. The van der Waals surface area contributed by atoms with Gasteiger partial charge in [-0.05, 0) is 0 Å². The third-order valence-electron chi connectivity index (χ3n) is 3.00. The van der Waals surface area contributed by atoms with Crippen molar-refractivity contribution in [3.8, 4) is 0 Å². The highest BCUT2D eigenvalue weighted by molar-refractivity contribution is 5.74. The van der Waals surface area contributed by atoms with Crippen molar-refractivity contribution in [2.75, 3.05) is 6.61 Å². The van der Waals surface area contributed by atoms with E-state index >= 15 is 0 Å². The van der Waals surface area contributed by atoms with Crippen molar-refractivity contribution in [2.45, 2.75) is 37.2 Å². The predicted molar refractivity (Wildman–Crippen MR) is 54.1 cm³/mol. The number of fused-ring (bicyclic) bond motifs is 1. The van der Waals surface area contributed by atoms with Crippen LogP contribution in [0.4, 0.5) is 4.79 Å². The molecule has 0 spiro atoms. The number of nitrogens with zero attached hydrogens (tertiary/aromatic N) is 1. The smallest absolute Gasteiger partial charge is 0.319 e. The lowest BCUT2D eigenvalue weighted by Crippen LogP contribution is -2.47. The van der Waals surface area contributed by atoms with E-state index in [1.807, 2.05) is 0 Å². The van der Waals surface area contributed by atoms with Gasteiger partial charge in [-0.2, -0.15) is 0 Å². The standard InChI is InChI=1S/C9H14N2O7/c10-9(16)11-4(1-5(13)14)18-7-6(15)3(2-12)17-8(7)11/h3-4,6-8,12,15H,1-2H2,(H2,10,16)(H,13,14)/t3-,4-,6-,7+,8-/m1/s1. The number of aliphatic hydroxyl groups excluding tert-OH is 2. The Morgan fingerprint density at radius 1 is 1.33 bits per heavy atom. The summed E-state index contributed by atoms with van der Waals surface area (Å²) in [7, 11) is 0. The quantitative estimate of drug-likeness (QED) is 0.445. The summed E-state index contributed by atoms with van der Waals surface area (Å²) in [5, 5.41) is 27.4. The average Bonchev–Trinajstić information content (AvgIpc) is 2.75. The minimum Gasteiger partial charge on any atom is -0.481 e. The number of urea groups is 1. The van der Waals surface area contributed by atoms with Crippen LogP contribution >= 0.6 is 0 Å². The zero-order valence-corrected chi connectivity index (χ0v) is 9.30. The van der Waals surface area contributed by atoms with Gasteiger partial charge in [-0.15, -0.1) is 0 Å². The van der Waals surface area contributed by atoms with Gasteiger partial charge in [0.2, 0.25) is 0 Å². The van der Waals surface area contributed by atoms with Crippen molar-refractivity contribution < 1.29 is 34.4 Å². The number of rotatable bonds is 3. The lowest BCUT2D eigenvalue weighted by molar-refractivity contribution is -0.144. The molecule has 0 aromatic heterocycles. The molecule has 0 saturated carbocycles. The molecule has 0 aromatic rings. The van der Waals surface area contributed by atoms with Crippen LogP contribution in [-0.2, 0) is 14.3 Å². The molecular formula is C9H14N2O7. The summed E-state index contributed by atoms with van der Waals surface area (Å²) < 4.78 is 10.5. The summed E-state index contributed by atoms with van der Waals surface area (Å²) in [5.41, 5.74) is 5.14. The zero-order chi connectivity index (χ0) is 13.4. The number of nitrogens with two attached hydrogens (primary N) is 1. The van der Waals surface area contributed by atoms with E-state index in [2.05, 4.69) is 0 Å². The topological polar surface area (TPSA) is 143 Å². The summed E-state index contributed by atoms with van der Waals surface area (Å²) in [6.45, 7) is -0.437. The van der Waals surface area contributed by atoms with E-state index in [-0.39, 0.29) is 0 Å². The van der Waals surface area contributed by atoms with Crippen molar-refractivity contribution in [3.05, 3.63) is 0 Å². The van der Waals surface area contributed by atoms with Gasteiger partial charge in [0.1, 0.15) is 24.5 Å². The SMILES string of the molecule is NC(=O)N1[C@@H]2O[C@H](CO)[C@@H](O)[C@@H]2O[C@@H]1CC(=O)O. The molecule has 5 N–H and O–H groups in total. The maximum absolute atomic E-state index is 11.3. The van der Waals surface area contributed by atoms with Crippen LogP contribution in [-0.4, -0.2) is 69.6 Å². The molecule has 5 atom stereocenters. The molecule has 9 heteroatoms. The van der Waals surface area contributed by atoms with Gasteiger partial charge in [0, 0.05) is 0 Å². The molecule has 2 rings (SSSR count). The van der Waals surface area contributed by atoms with Gasteiger partial charge in [0.25, 0.3) is 0 Å². The van der Waals surface area contributed by atoms with Gasteiger partial charge in [-0.25, -0.2) is 4.79 Å². The highest BCUT2D eigenvalue weighted by atomic mass is 16.6. The summed E-state index contributed by atoms with van der Waals surface area (Å²) in [4.78, 5) is 22.9. The second-order valence-corrected chi connectivity index (χ2v) is 4.14. The first-order valence-electron chi connectivity index (χ1n) is 5.35. The molecule has 0 bridgehead atoms. The molecule has 0 radical (unpaired) electrons. The number of carboxylic acids is 1. The number of carboxylic acid groups (broad SMARTS) is 1. The Morgan fingerprint density at radius 3 is 2.50 bits per heavy atom. The van der Waals surface area contributed by atoms with Crippen LogP contribution in [0.2, 0.25) is 0 Å². The van der Waals surface area contributed by atoms with Crippen LogP contribution < -0.4 is 5.73 Å². The molecule has 2 amide bonds. The molecule has 2 fully saturated rings. The number of hydrogen-bond donors (Lipinski definition) is 4. The van der Waals surface area contributed by atoms with Crippen molar-refractivity contribution in [2.24, 2.45) is 5.73 Å². The maximum Gasteiger partial charge on any atom is 0.319 e. The first-order valence-corrected chi connectivity index (χ1v) is 5.35. The molecule has 9 nitrogen and oxygen atoms in total.